The Morgan fingerprint density at radius 1 is 0.919 bits per heavy atom. The van der Waals surface area contributed by atoms with Crippen molar-refractivity contribution < 1.29 is 28.6 Å². The van der Waals surface area contributed by atoms with Crippen molar-refractivity contribution >= 4 is 46.9 Å². The smallest absolute Gasteiger partial charge is 0.335 e. The Hall–Kier alpha value is -5.02. The third kappa shape index (κ3) is 5.02. The lowest BCUT2D eigenvalue weighted by molar-refractivity contribution is -0.122. The van der Waals surface area contributed by atoms with Crippen LogP contribution < -0.4 is 15.0 Å². The monoisotopic (exact) mass is 510 g/mol. The fourth-order valence-corrected chi connectivity index (χ4v) is 3.99. The highest BCUT2D eigenvalue weighted by Gasteiger charge is 2.34. The van der Waals surface area contributed by atoms with Gasteiger partial charge in [0.15, 0.2) is 5.11 Å². The van der Waals surface area contributed by atoms with Gasteiger partial charge in [0.1, 0.15) is 28.6 Å². The number of carboxylic acid groups (broad SMARTS) is 1. The van der Waals surface area contributed by atoms with Crippen molar-refractivity contribution in [1.29, 1.82) is 0 Å². The summed E-state index contributed by atoms with van der Waals surface area (Å²) in [5.74, 6) is -0.452. The van der Waals surface area contributed by atoms with Gasteiger partial charge in [-0.1, -0.05) is 30.3 Å². The van der Waals surface area contributed by atoms with Gasteiger partial charge in [-0.3, -0.25) is 19.8 Å². The van der Waals surface area contributed by atoms with Crippen molar-refractivity contribution in [2.75, 3.05) is 4.90 Å². The molecular formula is C28H18N2O6S. The molecule has 1 fully saturated rings. The van der Waals surface area contributed by atoms with Crippen LogP contribution in [0.1, 0.15) is 16.1 Å². The highest BCUT2D eigenvalue weighted by molar-refractivity contribution is 7.80. The molecule has 2 amide bonds. The number of hydrogen-bond donors (Lipinski definition) is 2. The van der Waals surface area contributed by atoms with Crippen LogP contribution in [-0.2, 0) is 9.59 Å². The molecule has 0 spiro atoms. The average molecular weight is 511 g/mol. The number of benzene rings is 3. The molecule has 5 rings (SSSR count). The summed E-state index contributed by atoms with van der Waals surface area (Å²) in [4.78, 5) is 38.4. The number of thiocarbonyl (C=S) groups is 1. The maximum absolute atomic E-state index is 13.3. The minimum Gasteiger partial charge on any atom is -0.478 e. The van der Waals surface area contributed by atoms with Gasteiger partial charge in [0.2, 0.25) is 0 Å². The molecule has 2 heterocycles. The van der Waals surface area contributed by atoms with Crippen LogP contribution in [0.25, 0.3) is 17.4 Å². The van der Waals surface area contributed by atoms with Gasteiger partial charge in [-0.05, 0) is 79.0 Å². The molecule has 0 aliphatic carbocycles. The summed E-state index contributed by atoms with van der Waals surface area (Å²) in [5, 5.41) is 11.7. The zero-order valence-corrected chi connectivity index (χ0v) is 19.9. The molecule has 1 aliphatic rings. The molecule has 0 radical (unpaired) electrons. The van der Waals surface area contributed by atoms with E-state index in [-0.39, 0.29) is 22.0 Å². The normalized spacial score (nSPS) is 14.5. The molecule has 4 aromatic rings. The Balaban J connectivity index is 1.39. The number of nitrogens with one attached hydrogen (secondary N) is 1. The molecule has 2 N–H and O–H groups in total. The van der Waals surface area contributed by atoms with Gasteiger partial charge in [-0.25, -0.2) is 4.79 Å². The molecule has 0 unspecified atom stereocenters. The predicted molar refractivity (Wildman–Crippen MR) is 140 cm³/mol. The van der Waals surface area contributed by atoms with Crippen LogP contribution in [0, 0.1) is 0 Å². The number of nitrogens with zero attached hydrogens (tertiary/aromatic N) is 1. The van der Waals surface area contributed by atoms with Crippen LogP contribution >= 0.6 is 12.2 Å². The molecule has 0 atom stereocenters. The van der Waals surface area contributed by atoms with Crippen LogP contribution in [-0.4, -0.2) is 28.0 Å². The Morgan fingerprint density at radius 3 is 2.38 bits per heavy atom. The summed E-state index contributed by atoms with van der Waals surface area (Å²) in [5.41, 5.74) is 0.940. The second-order valence-corrected chi connectivity index (χ2v) is 8.34. The van der Waals surface area contributed by atoms with Crippen LogP contribution in [0.3, 0.4) is 0 Å². The van der Waals surface area contributed by atoms with Crippen molar-refractivity contribution in [1.82, 2.24) is 5.32 Å². The molecule has 0 bridgehead atoms. The fourth-order valence-electron chi connectivity index (χ4n) is 3.71. The van der Waals surface area contributed by atoms with Gasteiger partial charge in [-0.2, -0.15) is 0 Å². The number of aromatic carboxylic acids is 1. The lowest BCUT2D eigenvalue weighted by Gasteiger charge is -2.28. The van der Waals surface area contributed by atoms with Crippen molar-refractivity contribution in [2.24, 2.45) is 0 Å². The van der Waals surface area contributed by atoms with Gasteiger partial charge in [0.05, 0.1) is 11.3 Å². The average Bonchev–Trinajstić information content (AvgIpc) is 3.37. The van der Waals surface area contributed by atoms with Gasteiger partial charge >= 0.3 is 5.97 Å². The standard InChI is InChI=1S/C28H18N2O6S/c31-25-23(16-22-13-14-24(36-22)17-5-4-6-18(15-17)27(33)34)26(32)30(28(37)29-25)19-9-11-21(12-10-19)35-20-7-2-1-3-8-20/h1-16H,(H,33,34)(H,29,31,37). The summed E-state index contributed by atoms with van der Waals surface area (Å²) in [6.45, 7) is 0. The topological polar surface area (TPSA) is 109 Å². The first-order valence-electron chi connectivity index (χ1n) is 11.1. The van der Waals surface area contributed by atoms with Gasteiger partial charge < -0.3 is 14.3 Å². The number of carbonyl (C=O) groups excluding carboxylic acids is 2. The van der Waals surface area contributed by atoms with E-state index in [1.807, 2.05) is 30.3 Å². The van der Waals surface area contributed by atoms with E-state index in [9.17, 15) is 19.5 Å². The number of hydrogen-bond acceptors (Lipinski definition) is 6. The summed E-state index contributed by atoms with van der Waals surface area (Å²) in [6, 6.07) is 25.5. The third-order valence-electron chi connectivity index (χ3n) is 5.48. The van der Waals surface area contributed by atoms with Gasteiger partial charge in [-0.15, -0.1) is 0 Å². The molecule has 0 saturated carbocycles. The molecule has 8 nitrogen and oxygen atoms in total. The molecule has 1 aromatic heterocycles. The summed E-state index contributed by atoms with van der Waals surface area (Å²) in [6.07, 6.45) is 1.32. The predicted octanol–water partition coefficient (Wildman–Crippen LogP) is 5.27. The van der Waals surface area contributed by atoms with Crippen molar-refractivity contribution in [3.05, 3.63) is 108 Å². The fraction of sp³-hybridized carbons (Fsp3) is 0. The lowest BCUT2D eigenvalue weighted by atomic mass is 10.1. The molecule has 1 aliphatic heterocycles. The molecular weight excluding hydrogens is 492 g/mol. The molecule has 182 valence electrons. The van der Waals surface area contributed by atoms with Gasteiger partial charge in [0, 0.05) is 5.56 Å². The highest BCUT2D eigenvalue weighted by atomic mass is 32.1. The Labute approximate surface area is 216 Å². The molecule has 9 heteroatoms. The zero-order chi connectivity index (χ0) is 25.9. The van der Waals surface area contributed by atoms with E-state index in [2.05, 4.69) is 5.32 Å². The zero-order valence-electron chi connectivity index (χ0n) is 19.1. The number of anilines is 1. The van der Waals surface area contributed by atoms with Crippen molar-refractivity contribution in [2.45, 2.75) is 0 Å². The number of furan rings is 1. The number of amides is 2. The number of carboxylic acids is 1. The second kappa shape index (κ2) is 9.92. The van der Waals surface area contributed by atoms with E-state index in [0.717, 1.165) is 0 Å². The van der Waals surface area contributed by atoms with Gasteiger partial charge in [0.25, 0.3) is 11.8 Å². The minimum absolute atomic E-state index is 0.0468. The lowest BCUT2D eigenvalue weighted by Crippen LogP contribution is -2.54. The summed E-state index contributed by atoms with van der Waals surface area (Å²) < 4.78 is 11.6. The van der Waals surface area contributed by atoms with E-state index >= 15 is 0 Å². The minimum atomic E-state index is -1.06. The van der Waals surface area contributed by atoms with E-state index < -0.39 is 17.8 Å². The molecule has 1 saturated heterocycles. The van der Waals surface area contributed by atoms with E-state index in [4.69, 9.17) is 21.4 Å². The first kappa shape index (κ1) is 23.7. The Bertz CT molecular complexity index is 1560. The summed E-state index contributed by atoms with van der Waals surface area (Å²) >= 11 is 5.26. The van der Waals surface area contributed by atoms with Crippen LogP contribution in [0.2, 0.25) is 0 Å². The maximum atomic E-state index is 13.3. The van der Waals surface area contributed by atoms with Crippen LogP contribution in [0.4, 0.5) is 5.69 Å². The number of para-hydroxylation sites is 1. The number of rotatable bonds is 6. The Kier molecular flexibility index (Phi) is 6.36. The number of carbonyl (C=O) groups is 3. The quantitative estimate of drug-likeness (QED) is 0.207. The first-order valence-corrected chi connectivity index (χ1v) is 11.5. The SMILES string of the molecule is O=C1NC(=S)N(c2ccc(Oc3ccccc3)cc2)C(=O)C1=Cc1ccc(-c2cccc(C(=O)O)c2)o1. The Morgan fingerprint density at radius 2 is 1.65 bits per heavy atom. The number of ether oxygens (including phenoxy) is 1. The molecule has 3 aromatic carbocycles. The molecule has 37 heavy (non-hydrogen) atoms. The van der Waals surface area contributed by atoms with Crippen molar-refractivity contribution in [3.8, 4) is 22.8 Å². The van der Waals surface area contributed by atoms with E-state index in [1.165, 1.54) is 23.1 Å². The largest absolute Gasteiger partial charge is 0.478 e. The van der Waals surface area contributed by atoms with Crippen LogP contribution in [0.15, 0.2) is 101 Å². The maximum Gasteiger partial charge on any atom is 0.335 e. The van der Waals surface area contributed by atoms with E-state index in [0.29, 0.717) is 28.5 Å². The van der Waals surface area contributed by atoms with Crippen molar-refractivity contribution in [3.63, 3.8) is 0 Å². The third-order valence-corrected chi connectivity index (χ3v) is 5.77. The first-order chi connectivity index (χ1) is 17.9. The van der Waals surface area contributed by atoms with Crippen LogP contribution in [0.5, 0.6) is 11.5 Å². The summed E-state index contributed by atoms with van der Waals surface area (Å²) in [7, 11) is 0. The van der Waals surface area contributed by atoms with E-state index in [1.54, 1.807) is 48.5 Å². The highest BCUT2D eigenvalue weighted by Crippen LogP contribution is 2.28. The second-order valence-electron chi connectivity index (χ2n) is 7.95.